The van der Waals surface area contributed by atoms with E-state index in [4.69, 9.17) is 49.0 Å². The highest BCUT2D eigenvalue weighted by atomic mass is 35.5. The Morgan fingerprint density at radius 1 is 1.07 bits per heavy atom. The molecule has 0 spiro atoms. The van der Waals surface area contributed by atoms with Gasteiger partial charge in [0, 0.05) is 30.8 Å². The number of methoxy groups -OCH3 is 1. The first kappa shape index (κ1) is 20.6. The number of halogens is 3. The van der Waals surface area contributed by atoms with Crippen LogP contribution in [-0.2, 0) is 17.9 Å². The summed E-state index contributed by atoms with van der Waals surface area (Å²) in [7, 11) is 1.61. The van der Waals surface area contributed by atoms with Crippen LogP contribution in [0, 0.1) is 0 Å². The molecule has 2 aromatic rings. The van der Waals surface area contributed by atoms with Gasteiger partial charge in [0.2, 0.25) is 0 Å². The summed E-state index contributed by atoms with van der Waals surface area (Å²) in [6.45, 7) is 2.64. The van der Waals surface area contributed by atoms with E-state index in [9.17, 15) is 0 Å². The smallest absolute Gasteiger partial charge is 0.163 e. The molecule has 1 aliphatic rings. The van der Waals surface area contributed by atoms with E-state index in [2.05, 4.69) is 5.32 Å². The summed E-state index contributed by atoms with van der Waals surface area (Å²) in [6, 6.07) is 9.07. The van der Waals surface area contributed by atoms with Gasteiger partial charge in [-0.15, -0.1) is 0 Å². The maximum Gasteiger partial charge on any atom is 0.163 e. The molecule has 3 rings (SSSR count). The predicted molar refractivity (Wildman–Crippen MR) is 109 cm³/mol. The molecule has 0 aromatic heterocycles. The summed E-state index contributed by atoms with van der Waals surface area (Å²) in [4.78, 5) is 0. The predicted octanol–water partition coefficient (Wildman–Crippen LogP) is 5.50. The molecule has 0 bridgehead atoms. The minimum Gasteiger partial charge on any atom is -0.493 e. The second-order valence-electron chi connectivity index (χ2n) is 6.40. The van der Waals surface area contributed by atoms with E-state index in [1.807, 2.05) is 12.1 Å². The molecule has 0 aliphatic carbocycles. The summed E-state index contributed by atoms with van der Waals surface area (Å²) in [5.74, 6) is 1.21. The maximum absolute atomic E-state index is 6.44. The van der Waals surface area contributed by atoms with E-state index in [1.54, 1.807) is 25.3 Å². The topological polar surface area (TPSA) is 39.7 Å². The Labute approximate surface area is 174 Å². The summed E-state index contributed by atoms with van der Waals surface area (Å²) < 4.78 is 17.0. The van der Waals surface area contributed by atoms with Gasteiger partial charge in [-0.05, 0) is 42.2 Å². The monoisotopic (exact) mass is 429 g/mol. The third kappa shape index (κ3) is 5.66. The average Bonchev–Trinajstić information content (AvgIpc) is 3.17. The number of hydrogen-bond acceptors (Lipinski definition) is 4. The zero-order valence-electron chi connectivity index (χ0n) is 15.1. The first-order chi connectivity index (χ1) is 13.1. The number of ether oxygens (including phenoxy) is 3. The maximum atomic E-state index is 6.44. The summed E-state index contributed by atoms with van der Waals surface area (Å²) in [6.07, 6.45) is 2.52. The van der Waals surface area contributed by atoms with Crippen LogP contribution in [0.15, 0.2) is 30.3 Å². The quantitative estimate of drug-likeness (QED) is 0.600. The van der Waals surface area contributed by atoms with Crippen LogP contribution >= 0.6 is 34.8 Å². The molecule has 1 unspecified atom stereocenters. The lowest BCUT2D eigenvalue weighted by Gasteiger charge is -2.15. The fourth-order valence-electron chi connectivity index (χ4n) is 2.95. The third-order valence-corrected chi connectivity index (χ3v) is 5.51. The lowest BCUT2D eigenvalue weighted by molar-refractivity contribution is 0.110. The van der Waals surface area contributed by atoms with Crippen LogP contribution in [0.5, 0.6) is 11.5 Å². The molecule has 4 nitrogen and oxygen atoms in total. The van der Waals surface area contributed by atoms with Gasteiger partial charge in [-0.3, -0.25) is 0 Å². The molecule has 27 heavy (non-hydrogen) atoms. The fraction of sp³-hybridized carbons (Fsp3) is 0.400. The number of hydrogen-bond donors (Lipinski definition) is 1. The highest BCUT2D eigenvalue weighted by Crippen LogP contribution is 2.34. The molecule has 1 aliphatic heterocycles. The second kappa shape index (κ2) is 9.85. The van der Waals surface area contributed by atoms with E-state index in [1.165, 1.54) is 0 Å². The molecule has 7 heteroatoms. The van der Waals surface area contributed by atoms with Gasteiger partial charge >= 0.3 is 0 Å². The Morgan fingerprint density at radius 2 is 1.93 bits per heavy atom. The van der Waals surface area contributed by atoms with Gasteiger partial charge in [0.25, 0.3) is 0 Å². The van der Waals surface area contributed by atoms with Gasteiger partial charge in [0.05, 0.1) is 23.3 Å². The van der Waals surface area contributed by atoms with E-state index in [0.717, 1.165) is 37.1 Å². The van der Waals surface area contributed by atoms with Crippen molar-refractivity contribution < 1.29 is 14.2 Å². The SMILES string of the molecule is COc1cc(CNCC2CCCO2)c(Cl)cc1OCc1ccc(Cl)c(Cl)c1. The molecule has 1 N–H and O–H groups in total. The Kier molecular flexibility index (Phi) is 7.50. The average molecular weight is 431 g/mol. The van der Waals surface area contributed by atoms with Crippen molar-refractivity contribution in [2.24, 2.45) is 0 Å². The van der Waals surface area contributed by atoms with Gasteiger partial charge in [-0.2, -0.15) is 0 Å². The first-order valence-corrected chi connectivity index (χ1v) is 9.95. The lowest BCUT2D eigenvalue weighted by atomic mass is 10.2. The number of nitrogens with one attached hydrogen (secondary N) is 1. The summed E-state index contributed by atoms with van der Waals surface area (Å²) in [5, 5.41) is 5.03. The zero-order chi connectivity index (χ0) is 19.2. The van der Waals surface area contributed by atoms with Crippen LogP contribution in [0.4, 0.5) is 0 Å². The Bertz CT molecular complexity index is 779. The van der Waals surface area contributed by atoms with Gasteiger partial charge in [-0.25, -0.2) is 0 Å². The van der Waals surface area contributed by atoms with Crippen molar-refractivity contribution in [1.82, 2.24) is 5.32 Å². The molecule has 1 atom stereocenters. The van der Waals surface area contributed by atoms with Crippen molar-refractivity contribution >= 4 is 34.8 Å². The highest BCUT2D eigenvalue weighted by molar-refractivity contribution is 6.42. The highest BCUT2D eigenvalue weighted by Gasteiger charge is 2.16. The van der Waals surface area contributed by atoms with Crippen LogP contribution in [-0.4, -0.2) is 26.4 Å². The molecule has 0 radical (unpaired) electrons. The molecular weight excluding hydrogens is 409 g/mol. The molecule has 0 amide bonds. The van der Waals surface area contributed by atoms with Crippen molar-refractivity contribution in [3.63, 3.8) is 0 Å². The van der Waals surface area contributed by atoms with Crippen molar-refractivity contribution in [2.45, 2.75) is 32.1 Å². The van der Waals surface area contributed by atoms with Gasteiger partial charge in [0.1, 0.15) is 6.61 Å². The summed E-state index contributed by atoms with van der Waals surface area (Å²) in [5.41, 5.74) is 1.86. The largest absolute Gasteiger partial charge is 0.493 e. The van der Waals surface area contributed by atoms with E-state index in [0.29, 0.717) is 45.8 Å². The minimum absolute atomic E-state index is 0.291. The normalized spacial score (nSPS) is 16.5. The Balaban J connectivity index is 1.62. The lowest BCUT2D eigenvalue weighted by Crippen LogP contribution is -2.25. The van der Waals surface area contributed by atoms with E-state index < -0.39 is 0 Å². The molecule has 0 saturated carbocycles. The van der Waals surface area contributed by atoms with E-state index >= 15 is 0 Å². The molecule has 2 aromatic carbocycles. The van der Waals surface area contributed by atoms with Crippen molar-refractivity contribution in [3.05, 3.63) is 56.5 Å². The first-order valence-electron chi connectivity index (χ1n) is 8.82. The summed E-state index contributed by atoms with van der Waals surface area (Å²) >= 11 is 18.4. The molecular formula is C20H22Cl3NO3. The molecule has 1 saturated heterocycles. The Hall–Kier alpha value is -1.17. The number of rotatable bonds is 8. The fourth-order valence-corrected chi connectivity index (χ4v) is 3.49. The molecule has 1 fully saturated rings. The van der Waals surface area contributed by atoms with Gasteiger partial charge < -0.3 is 19.5 Å². The van der Waals surface area contributed by atoms with Crippen LogP contribution in [0.25, 0.3) is 0 Å². The third-order valence-electron chi connectivity index (χ3n) is 4.42. The van der Waals surface area contributed by atoms with Crippen LogP contribution in [0.1, 0.15) is 24.0 Å². The minimum atomic E-state index is 0.291. The standard InChI is InChI=1S/C20H22Cl3NO3/c1-25-19-8-14(10-24-11-15-3-2-6-26-15)17(22)9-20(19)27-12-13-4-5-16(21)18(23)7-13/h4-5,7-9,15,24H,2-3,6,10-12H2,1H3. The van der Waals surface area contributed by atoms with Crippen LogP contribution in [0.2, 0.25) is 15.1 Å². The van der Waals surface area contributed by atoms with Crippen molar-refractivity contribution in [2.75, 3.05) is 20.3 Å². The van der Waals surface area contributed by atoms with Crippen molar-refractivity contribution in [3.8, 4) is 11.5 Å². The molecule has 1 heterocycles. The molecule has 146 valence electrons. The van der Waals surface area contributed by atoms with Gasteiger partial charge in [-0.1, -0.05) is 40.9 Å². The van der Waals surface area contributed by atoms with Crippen LogP contribution < -0.4 is 14.8 Å². The zero-order valence-corrected chi connectivity index (χ0v) is 17.3. The van der Waals surface area contributed by atoms with Crippen LogP contribution in [0.3, 0.4) is 0 Å². The van der Waals surface area contributed by atoms with Gasteiger partial charge in [0.15, 0.2) is 11.5 Å². The second-order valence-corrected chi connectivity index (χ2v) is 7.62. The Morgan fingerprint density at radius 3 is 2.63 bits per heavy atom. The number of benzene rings is 2. The van der Waals surface area contributed by atoms with Crippen molar-refractivity contribution in [1.29, 1.82) is 0 Å². The van der Waals surface area contributed by atoms with E-state index in [-0.39, 0.29) is 0 Å².